The molecule has 4 heteroatoms. The van der Waals surface area contributed by atoms with E-state index >= 15 is 0 Å². The summed E-state index contributed by atoms with van der Waals surface area (Å²) in [6.07, 6.45) is 1.09. The van der Waals surface area contributed by atoms with Gasteiger partial charge in [-0.25, -0.2) is 0 Å². The highest BCUT2D eigenvalue weighted by Crippen LogP contribution is 2.40. The van der Waals surface area contributed by atoms with Gasteiger partial charge in [-0.15, -0.1) is 0 Å². The summed E-state index contributed by atoms with van der Waals surface area (Å²) in [6, 6.07) is 4.05. The molecule has 1 saturated heterocycles. The molecule has 94 valence electrons. The second-order valence-electron chi connectivity index (χ2n) is 4.58. The zero-order chi connectivity index (χ0) is 12.4. The largest absolute Gasteiger partial charge is 0.502 e. The molecule has 17 heavy (non-hydrogen) atoms. The molecule has 0 amide bonds. The molecule has 0 radical (unpaired) electrons. The van der Waals surface area contributed by atoms with Crippen molar-refractivity contribution < 1.29 is 14.6 Å². The van der Waals surface area contributed by atoms with E-state index in [0.717, 1.165) is 18.5 Å². The molecular weight excluding hydrogens is 218 g/mol. The second-order valence-corrected chi connectivity index (χ2v) is 4.58. The topological polar surface area (TPSA) is 50.7 Å². The van der Waals surface area contributed by atoms with Crippen LogP contribution in [0.2, 0.25) is 0 Å². The van der Waals surface area contributed by atoms with E-state index in [2.05, 4.69) is 12.2 Å². The van der Waals surface area contributed by atoms with Gasteiger partial charge in [0.1, 0.15) is 0 Å². The first-order valence-corrected chi connectivity index (χ1v) is 5.84. The fourth-order valence-corrected chi connectivity index (χ4v) is 2.28. The maximum Gasteiger partial charge on any atom is 0.200 e. The normalized spacial score (nSPS) is 23.7. The molecule has 0 aromatic heterocycles. The Morgan fingerprint density at radius 1 is 1.24 bits per heavy atom. The Kier molecular flexibility index (Phi) is 3.43. The summed E-state index contributed by atoms with van der Waals surface area (Å²) in [4.78, 5) is 0. The van der Waals surface area contributed by atoms with Crippen LogP contribution in [0, 0.1) is 5.92 Å². The zero-order valence-corrected chi connectivity index (χ0v) is 10.5. The van der Waals surface area contributed by atoms with Gasteiger partial charge >= 0.3 is 0 Å². The molecule has 0 saturated carbocycles. The number of benzene rings is 1. The summed E-state index contributed by atoms with van der Waals surface area (Å²) in [5.74, 6) is 1.65. The van der Waals surface area contributed by atoms with Crippen molar-refractivity contribution >= 4 is 0 Å². The first-order chi connectivity index (χ1) is 8.15. The van der Waals surface area contributed by atoms with Crippen LogP contribution in [-0.2, 0) is 0 Å². The monoisotopic (exact) mass is 237 g/mol. The van der Waals surface area contributed by atoms with E-state index in [1.54, 1.807) is 14.2 Å². The van der Waals surface area contributed by atoms with Crippen molar-refractivity contribution in [3.8, 4) is 17.2 Å². The number of nitrogens with one attached hydrogen (secondary N) is 1. The number of phenols is 1. The fraction of sp³-hybridized carbons (Fsp3) is 0.538. The molecule has 0 spiro atoms. The lowest BCUT2D eigenvalue weighted by Crippen LogP contribution is -2.13. The smallest absolute Gasteiger partial charge is 0.200 e. The number of methoxy groups -OCH3 is 2. The highest BCUT2D eigenvalue weighted by Gasteiger charge is 2.24. The Hall–Kier alpha value is -1.42. The molecule has 1 fully saturated rings. The Labute approximate surface area is 102 Å². The summed E-state index contributed by atoms with van der Waals surface area (Å²) in [5, 5.41) is 13.3. The van der Waals surface area contributed by atoms with Crippen LogP contribution in [0.4, 0.5) is 0 Å². The number of hydrogen-bond donors (Lipinski definition) is 2. The summed E-state index contributed by atoms with van der Waals surface area (Å²) < 4.78 is 10.3. The molecule has 2 atom stereocenters. The molecule has 1 aromatic rings. The summed E-state index contributed by atoms with van der Waals surface area (Å²) in [6.45, 7) is 3.25. The first kappa shape index (κ1) is 12.0. The number of hydrogen-bond acceptors (Lipinski definition) is 4. The van der Waals surface area contributed by atoms with Gasteiger partial charge in [0.05, 0.1) is 14.2 Å². The molecule has 2 rings (SSSR count). The van der Waals surface area contributed by atoms with E-state index in [1.807, 2.05) is 12.1 Å². The number of phenolic OH excluding ortho intramolecular Hbond substituents is 1. The Bertz CT molecular complexity index is 381. The Balaban J connectivity index is 2.34. The molecular formula is C13H19NO3. The summed E-state index contributed by atoms with van der Waals surface area (Å²) >= 11 is 0. The van der Waals surface area contributed by atoms with Crippen molar-refractivity contribution in [1.82, 2.24) is 5.32 Å². The van der Waals surface area contributed by atoms with E-state index in [9.17, 15) is 5.11 Å². The van der Waals surface area contributed by atoms with Crippen LogP contribution >= 0.6 is 0 Å². The quantitative estimate of drug-likeness (QED) is 0.845. The van der Waals surface area contributed by atoms with Gasteiger partial charge in [-0.3, -0.25) is 0 Å². The van der Waals surface area contributed by atoms with Crippen LogP contribution < -0.4 is 14.8 Å². The van der Waals surface area contributed by atoms with E-state index in [4.69, 9.17) is 9.47 Å². The molecule has 1 aliphatic rings. The van der Waals surface area contributed by atoms with Gasteiger partial charge in [0.25, 0.3) is 0 Å². The molecule has 2 N–H and O–H groups in total. The molecule has 1 aliphatic heterocycles. The average molecular weight is 237 g/mol. The van der Waals surface area contributed by atoms with Crippen LogP contribution in [-0.4, -0.2) is 25.9 Å². The molecule has 0 bridgehead atoms. The lowest BCUT2D eigenvalue weighted by Gasteiger charge is -2.15. The zero-order valence-electron chi connectivity index (χ0n) is 10.5. The van der Waals surface area contributed by atoms with Gasteiger partial charge in [0.2, 0.25) is 5.75 Å². The SMILES string of the molecule is COc1cc(C2CC(C)CN2)cc(OC)c1O. The third-order valence-electron chi connectivity index (χ3n) is 3.26. The third kappa shape index (κ3) is 2.31. The highest BCUT2D eigenvalue weighted by atomic mass is 16.5. The average Bonchev–Trinajstić information content (AvgIpc) is 2.76. The first-order valence-electron chi connectivity index (χ1n) is 5.84. The lowest BCUT2D eigenvalue weighted by atomic mass is 10.0. The predicted octanol–water partition coefficient (Wildman–Crippen LogP) is 2.08. The van der Waals surface area contributed by atoms with Crippen molar-refractivity contribution in [3.63, 3.8) is 0 Å². The number of rotatable bonds is 3. The van der Waals surface area contributed by atoms with Crippen LogP contribution in [0.15, 0.2) is 12.1 Å². The van der Waals surface area contributed by atoms with E-state index in [0.29, 0.717) is 23.5 Å². The predicted molar refractivity (Wildman–Crippen MR) is 65.7 cm³/mol. The van der Waals surface area contributed by atoms with E-state index in [-0.39, 0.29) is 5.75 Å². The number of aromatic hydroxyl groups is 1. The Morgan fingerprint density at radius 2 is 1.82 bits per heavy atom. The van der Waals surface area contributed by atoms with Crippen molar-refractivity contribution in [2.24, 2.45) is 5.92 Å². The van der Waals surface area contributed by atoms with Gasteiger partial charge in [0, 0.05) is 6.04 Å². The lowest BCUT2D eigenvalue weighted by molar-refractivity contribution is 0.338. The van der Waals surface area contributed by atoms with Crippen LogP contribution in [0.5, 0.6) is 17.2 Å². The van der Waals surface area contributed by atoms with Gasteiger partial charge in [-0.2, -0.15) is 0 Å². The van der Waals surface area contributed by atoms with Crippen molar-refractivity contribution in [1.29, 1.82) is 0 Å². The van der Waals surface area contributed by atoms with Gasteiger partial charge in [-0.05, 0) is 36.6 Å². The minimum Gasteiger partial charge on any atom is -0.502 e. The van der Waals surface area contributed by atoms with Gasteiger partial charge in [0.15, 0.2) is 11.5 Å². The molecule has 0 aliphatic carbocycles. The van der Waals surface area contributed by atoms with Crippen LogP contribution in [0.25, 0.3) is 0 Å². The minimum absolute atomic E-state index is 0.0600. The number of ether oxygens (including phenoxy) is 2. The van der Waals surface area contributed by atoms with E-state index < -0.39 is 0 Å². The summed E-state index contributed by atoms with van der Waals surface area (Å²) in [5.41, 5.74) is 1.10. The second kappa shape index (κ2) is 4.84. The van der Waals surface area contributed by atoms with Crippen LogP contribution in [0.3, 0.4) is 0 Å². The third-order valence-corrected chi connectivity index (χ3v) is 3.26. The maximum absolute atomic E-state index is 9.84. The highest BCUT2D eigenvalue weighted by molar-refractivity contribution is 5.53. The molecule has 1 heterocycles. The summed E-state index contributed by atoms with van der Waals surface area (Å²) in [7, 11) is 3.09. The van der Waals surface area contributed by atoms with Gasteiger partial charge < -0.3 is 19.9 Å². The Morgan fingerprint density at radius 3 is 2.24 bits per heavy atom. The fourth-order valence-electron chi connectivity index (χ4n) is 2.28. The van der Waals surface area contributed by atoms with E-state index in [1.165, 1.54) is 0 Å². The van der Waals surface area contributed by atoms with Crippen LogP contribution in [0.1, 0.15) is 24.9 Å². The van der Waals surface area contributed by atoms with Crippen molar-refractivity contribution in [2.75, 3.05) is 20.8 Å². The van der Waals surface area contributed by atoms with Gasteiger partial charge in [-0.1, -0.05) is 6.92 Å². The molecule has 4 nitrogen and oxygen atoms in total. The van der Waals surface area contributed by atoms with Crippen molar-refractivity contribution in [3.05, 3.63) is 17.7 Å². The molecule has 1 aromatic carbocycles. The maximum atomic E-state index is 9.84. The van der Waals surface area contributed by atoms with Crippen molar-refractivity contribution in [2.45, 2.75) is 19.4 Å². The standard InChI is InChI=1S/C13H19NO3/c1-8-4-10(14-7-8)9-5-11(16-2)13(15)12(6-9)17-3/h5-6,8,10,14-15H,4,7H2,1-3H3. The minimum atomic E-state index is 0.0600. The molecule has 2 unspecified atom stereocenters.